The molecule has 0 aliphatic heterocycles. The van der Waals surface area contributed by atoms with Crippen LogP contribution in [0.15, 0.2) is 12.7 Å². The molecule has 14 heteroatoms. The van der Waals surface area contributed by atoms with Gasteiger partial charge < -0.3 is 24.5 Å². The molecule has 2 aromatic rings. The van der Waals surface area contributed by atoms with Crippen LogP contribution < -0.4 is 15.9 Å². The van der Waals surface area contributed by atoms with Crippen LogP contribution in [0.3, 0.4) is 0 Å². The zero-order valence-electron chi connectivity index (χ0n) is 30.9. The predicted octanol–water partition coefficient (Wildman–Crippen LogP) is 6.51. The van der Waals surface area contributed by atoms with Crippen LogP contribution in [-0.2, 0) is 34.9 Å². The lowest BCUT2D eigenvalue weighted by molar-refractivity contribution is -0.153. The van der Waals surface area contributed by atoms with Crippen LogP contribution in [0.4, 0.5) is 5.82 Å². The van der Waals surface area contributed by atoms with E-state index < -0.39 is 24.6 Å². The first-order valence-corrected chi connectivity index (χ1v) is 21.6. The van der Waals surface area contributed by atoms with Crippen LogP contribution in [0.2, 0.25) is 0 Å². The summed E-state index contributed by atoms with van der Waals surface area (Å²) in [5.74, 6) is -0.260. The number of nitrogens with zero attached hydrogens (tertiary/aromatic N) is 4. The third-order valence-electron chi connectivity index (χ3n) is 11.2. The summed E-state index contributed by atoms with van der Waals surface area (Å²) in [7, 11) is -3.82. The Hall–Kier alpha value is -2.60. The highest BCUT2D eigenvalue weighted by Crippen LogP contribution is 2.61. The van der Waals surface area contributed by atoms with E-state index in [0.29, 0.717) is 36.7 Å². The molecular weight excluding hydrogens is 669 g/mol. The fourth-order valence-electron chi connectivity index (χ4n) is 7.86. The van der Waals surface area contributed by atoms with Crippen molar-refractivity contribution in [1.82, 2.24) is 29.7 Å². The molecule has 4 fully saturated rings. The first kappa shape index (κ1) is 38.1. The Morgan fingerprint density at radius 1 is 0.824 bits per heavy atom. The van der Waals surface area contributed by atoms with Crippen LogP contribution in [0.5, 0.6) is 0 Å². The molecular formula is C37H60N7O6P. The maximum Gasteiger partial charge on any atom is 0.327 e. The number of rotatable bonds is 25. The molecule has 0 radical (unpaired) electrons. The van der Waals surface area contributed by atoms with Crippen molar-refractivity contribution in [1.29, 1.82) is 0 Å². The maximum atomic E-state index is 15.8. The number of fused-ring (bicyclic) bond motifs is 1. The van der Waals surface area contributed by atoms with Gasteiger partial charge in [-0.3, -0.25) is 14.2 Å². The second-order valence-corrected chi connectivity index (χ2v) is 17.8. The number of hydrogen-bond acceptors (Lipinski definition) is 10. The first-order valence-electron chi connectivity index (χ1n) is 19.7. The summed E-state index contributed by atoms with van der Waals surface area (Å²) < 4.78 is 36.1. The largest absolute Gasteiger partial charge is 0.464 e. The molecule has 0 unspecified atom stereocenters. The zero-order chi connectivity index (χ0) is 36.1. The molecule has 4 aliphatic rings. The van der Waals surface area contributed by atoms with Gasteiger partial charge in [0, 0.05) is 0 Å². The highest BCUT2D eigenvalue weighted by atomic mass is 31.2. The number of anilines is 1. The number of nitrogens with two attached hydrogens (primary N) is 1. The van der Waals surface area contributed by atoms with Gasteiger partial charge in [-0.2, -0.15) is 0 Å². The Morgan fingerprint density at radius 3 is 1.76 bits per heavy atom. The average Bonchev–Trinajstić information content (AvgIpc) is 3.94. The van der Waals surface area contributed by atoms with E-state index >= 15 is 4.57 Å². The summed E-state index contributed by atoms with van der Waals surface area (Å²) in [6.45, 7) is 7.28. The third kappa shape index (κ3) is 8.96. The molecule has 2 aromatic heterocycles. The highest BCUT2D eigenvalue weighted by Gasteiger charge is 2.66. The van der Waals surface area contributed by atoms with Gasteiger partial charge in [0.15, 0.2) is 11.5 Å². The number of esters is 2. The fraction of sp³-hybridized carbons (Fsp3) is 0.811. The molecule has 1 atom stereocenters. The van der Waals surface area contributed by atoms with Gasteiger partial charge in [0.1, 0.15) is 29.3 Å². The van der Waals surface area contributed by atoms with E-state index in [9.17, 15) is 9.59 Å². The Morgan fingerprint density at radius 2 is 1.31 bits per heavy atom. The number of carbonyl (C=O) groups is 2. The number of imidazole rings is 1. The Balaban J connectivity index is 1.26. The van der Waals surface area contributed by atoms with E-state index in [0.717, 1.165) is 103 Å². The average molecular weight is 730 g/mol. The van der Waals surface area contributed by atoms with Crippen molar-refractivity contribution in [2.24, 2.45) is 23.7 Å². The highest BCUT2D eigenvalue weighted by molar-refractivity contribution is 7.59. The molecule has 6 rings (SSSR count). The van der Waals surface area contributed by atoms with Crippen molar-refractivity contribution in [3.8, 4) is 0 Å². The van der Waals surface area contributed by atoms with Gasteiger partial charge in [-0.25, -0.2) is 25.1 Å². The fourth-order valence-corrected chi connectivity index (χ4v) is 10.6. The molecule has 284 valence electrons. The lowest BCUT2D eigenvalue weighted by Crippen LogP contribution is -2.62. The van der Waals surface area contributed by atoms with Crippen molar-refractivity contribution in [2.75, 3.05) is 25.3 Å². The molecule has 4 aliphatic carbocycles. The SMILES string of the molecule is CCCCCCOC(=O)C(NP(=O)(CO[C@H](C)Cn1cnc2c(N)ncnc21)NC(C(=O)OCCCCCC)(C1CC1)C1CC1)(C1CC1)C1CC1. The van der Waals surface area contributed by atoms with Crippen LogP contribution in [-0.4, -0.2) is 68.2 Å². The van der Waals surface area contributed by atoms with Crippen molar-refractivity contribution in [3.63, 3.8) is 0 Å². The Bertz CT molecular complexity index is 1450. The molecule has 0 aromatic carbocycles. The van der Waals surface area contributed by atoms with Gasteiger partial charge in [0.2, 0.25) is 7.44 Å². The Kier molecular flexibility index (Phi) is 12.4. The van der Waals surface area contributed by atoms with Gasteiger partial charge in [-0.15, -0.1) is 0 Å². The number of hydrogen-bond donors (Lipinski definition) is 3. The van der Waals surface area contributed by atoms with Gasteiger partial charge in [-0.1, -0.05) is 52.4 Å². The quantitative estimate of drug-likeness (QED) is 0.0576. The summed E-state index contributed by atoms with van der Waals surface area (Å²) in [5, 5.41) is 7.02. The van der Waals surface area contributed by atoms with Crippen molar-refractivity contribution in [2.45, 2.75) is 147 Å². The van der Waals surface area contributed by atoms with E-state index in [-0.39, 0.29) is 42.0 Å². The third-order valence-corrected chi connectivity index (χ3v) is 13.2. The molecule has 4 N–H and O–H groups in total. The molecule has 13 nitrogen and oxygen atoms in total. The second kappa shape index (κ2) is 16.6. The van der Waals surface area contributed by atoms with Crippen LogP contribution in [0, 0.1) is 23.7 Å². The molecule has 2 heterocycles. The van der Waals surface area contributed by atoms with Gasteiger partial charge in [0.05, 0.1) is 32.2 Å². The number of aromatic nitrogens is 4. The minimum Gasteiger partial charge on any atom is -0.464 e. The van der Waals surface area contributed by atoms with Crippen molar-refractivity contribution < 1.29 is 28.4 Å². The topological polar surface area (TPSA) is 173 Å². The molecule has 0 saturated heterocycles. The van der Waals surface area contributed by atoms with Crippen LogP contribution in [0.1, 0.15) is 124 Å². The van der Waals surface area contributed by atoms with E-state index in [1.54, 1.807) is 6.33 Å². The lowest BCUT2D eigenvalue weighted by Gasteiger charge is -2.42. The minimum atomic E-state index is -3.82. The zero-order valence-corrected chi connectivity index (χ0v) is 31.8. The predicted molar refractivity (Wildman–Crippen MR) is 196 cm³/mol. The normalized spacial score (nSPS) is 19.0. The van der Waals surface area contributed by atoms with E-state index in [1.807, 2.05) is 11.5 Å². The molecule has 0 spiro atoms. The molecule has 0 amide bonds. The molecule has 4 saturated carbocycles. The summed E-state index contributed by atoms with van der Waals surface area (Å²) >= 11 is 0. The number of ether oxygens (including phenoxy) is 3. The summed E-state index contributed by atoms with van der Waals surface area (Å²) in [5.41, 5.74) is 4.92. The number of unbranched alkanes of at least 4 members (excludes halogenated alkanes) is 6. The maximum absolute atomic E-state index is 15.8. The van der Waals surface area contributed by atoms with Crippen LogP contribution in [0.25, 0.3) is 11.2 Å². The van der Waals surface area contributed by atoms with Gasteiger partial charge in [0.25, 0.3) is 0 Å². The monoisotopic (exact) mass is 729 g/mol. The first-order chi connectivity index (χ1) is 24.7. The molecule has 0 bridgehead atoms. The summed E-state index contributed by atoms with van der Waals surface area (Å²) in [6.07, 6.45) is 17.3. The lowest BCUT2D eigenvalue weighted by atomic mass is 9.88. The minimum absolute atomic E-state index is 0.0184. The smallest absolute Gasteiger partial charge is 0.327 e. The van der Waals surface area contributed by atoms with Crippen molar-refractivity contribution in [3.05, 3.63) is 12.7 Å². The number of nitrogen functional groups attached to an aromatic ring is 1. The van der Waals surface area contributed by atoms with Crippen molar-refractivity contribution >= 4 is 36.4 Å². The summed E-state index contributed by atoms with van der Waals surface area (Å²) in [4.78, 5) is 41.3. The standard InChI is InChI=1S/C37H60N7O6P/c1-4-6-8-10-20-48-34(45)36(27-12-13-27,28-14-15-28)42-51(47,25-50-26(3)22-44-24-41-31-32(38)39-23-40-33(31)44)43-37(29-16-17-29,30-18-19-30)35(46)49-21-11-9-7-5-2/h23-24,26-30H,4-22,25H2,1-3H3,(H2,38,39,40)(H2,42,43,47)/t26-/m1/s1. The second-order valence-electron chi connectivity index (χ2n) is 15.6. The van der Waals surface area contributed by atoms with E-state index in [2.05, 4.69) is 39.0 Å². The van der Waals surface area contributed by atoms with E-state index in [4.69, 9.17) is 19.9 Å². The van der Waals surface area contributed by atoms with Gasteiger partial charge >= 0.3 is 11.9 Å². The number of carbonyl (C=O) groups excluding carboxylic acids is 2. The summed E-state index contributed by atoms with van der Waals surface area (Å²) in [6, 6.07) is 0. The van der Waals surface area contributed by atoms with Crippen LogP contribution >= 0.6 is 7.44 Å². The van der Waals surface area contributed by atoms with Gasteiger partial charge in [-0.05, 0) is 94.8 Å². The Labute approximate surface area is 302 Å². The number of nitrogens with one attached hydrogen (secondary N) is 2. The van der Waals surface area contributed by atoms with E-state index in [1.165, 1.54) is 6.33 Å². The molecule has 51 heavy (non-hydrogen) atoms.